The van der Waals surface area contributed by atoms with Crippen molar-refractivity contribution in [3.05, 3.63) is 63.7 Å². The lowest BCUT2D eigenvalue weighted by Crippen LogP contribution is -2.28. The van der Waals surface area contributed by atoms with Gasteiger partial charge in [0.25, 0.3) is 5.56 Å². The minimum absolute atomic E-state index is 0.121. The molecule has 0 atom stereocenters. The van der Waals surface area contributed by atoms with Crippen LogP contribution in [0, 0.1) is 11.7 Å². The zero-order valence-electron chi connectivity index (χ0n) is 15.0. The molecule has 7 nitrogen and oxygen atoms in total. The molecule has 3 aromatic rings. The van der Waals surface area contributed by atoms with Gasteiger partial charge in [0.2, 0.25) is 0 Å². The molecule has 2 heterocycles. The summed E-state index contributed by atoms with van der Waals surface area (Å²) in [4.78, 5) is 21.8. The fourth-order valence-electron chi connectivity index (χ4n) is 2.85. The Balaban J connectivity index is 1.85. The number of hydrogen-bond acceptors (Lipinski definition) is 5. The van der Waals surface area contributed by atoms with Crippen molar-refractivity contribution < 1.29 is 0 Å². The quantitative estimate of drug-likeness (QED) is 0.511. The molecule has 26 heavy (non-hydrogen) atoms. The van der Waals surface area contributed by atoms with E-state index < -0.39 is 0 Å². The molecule has 0 spiro atoms. The van der Waals surface area contributed by atoms with Gasteiger partial charge >= 0.3 is 0 Å². The van der Waals surface area contributed by atoms with Gasteiger partial charge in [-0.15, -0.1) is 6.58 Å². The molecule has 0 fully saturated rings. The number of aromatic nitrogens is 5. The van der Waals surface area contributed by atoms with Crippen LogP contribution < -0.4 is 5.56 Å². The topological polar surface area (TPSA) is 71.7 Å². The summed E-state index contributed by atoms with van der Waals surface area (Å²) in [6, 6.07) is 7.34. The molecule has 1 aromatic carbocycles. The maximum atomic E-state index is 12.2. The Labute approximate surface area is 156 Å². The molecular weight excluding hydrogens is 348 g/mol. The number of fused-ring (bicyclic) bond motifs is 1. The minimum Gasteiger partial charge on any atom is -0.309 e. The number of rotatable bonds is 7. The van der Waals surface area contributed by atoms with Gasteiger partial charge in [-0.25, -0.2) is 9.67 Å². The van der Waals surface area contributed by atoms with Gasteiger partial charge in [-0.1, -0.05) is 25.1 Å². The summed E-state index contributed by atoms with van der Waals surface area (Å²) in [6.45, 7) is 10.2. The van der Waals surface area contributed by atoms with Crippen LogP contribution in [0.2, 0.25) is 0 Å². The Morgan fingerprint density at radius 1 is 1.38 bits per heavy atom. The molecule has 0 bridgehead atoms. The zero-order valence-corrected chi connectivity index (χ0v) is 15.8. The van der Waals surface area contributed by atoms with Crippen molar-refractivity contribution in [3.63, 3.8) is 0 Å². The number of aryl methyl sites for hydroxylation is 1. The lowest BCUT2D eigenvalue weighted by molar-refractivity contribution is 0.202. The van der Waals surface area contributed by atoms with Crippen LogP contribution in [0.5, 0.6) is 0 Å². The van der Waals surface area contributed by atoms with Gasteiger partial charge in [-0.2, -0.15) is 5.10 Å². The highest BCUT2D eigenvalue weighted by molar-refractivity contribution is 7.71. The molecule has 0 aliphatic carbocycles. The van der Waals surface area contributed by atoms with Crippen molar-refractivity contribution in [1.82, 2.24) is 29.2 Å². The van der Waals surface area contributed by atoms with Gasteiger partial charge in [0.1, 0.15) is 11.6 Å². The van der Waals surface area contributed by atoms with E-state index in [1.807, 2.05) is 29.7 Å². The van der Waals surface area contributed by atoms with Gasteiger partial charge in [0, 0.05) is 6.54 Å². The van der Waals surface area contributed by atoms with Crippen molar-refractivity contribution in [2.75, 3.05) is 6.54 Å². The minimum atomic E-state index is -0.121. The van der Waals surface area contributed by atoms with Crippen LogP contribution in [0.1, 0.15) is 18.6 Å². The average Bonchev–Trinajstić information content (AvgIpc) is 2.89. The summed E-state index contributed by atoms with van der Waals surface area (Å²) in [5, 5.41) is 5.12. The second-order valence-electron chi connectivity index (χ2n) is 6.04. The first kappa shape index (κ1) is 18.2. The Morgan fingerprint density at radius 3 is 2.88 bits per heavy atom. The Hall–Kier alpha value is -2.58. The molecule has 0 unspecified atom stereocenters. The van der Waals surface area contributed by atoms with E-state index in [4.69, 9.17) is 12.2 Å². The molecule has 136 valence electrons. The summed E-state index contributed by atoms with van der Waals surface area (Å²) in [5.74, 6) is 1.48. The fourth-order valence-corrected chi connectivity index (χ4v) is 3.16. The summed E-state index contributed by atoms with van der Waals surface area (Å²) in [5.41, 5.74) is 0.578. The third-order valence-electron chi connectivity index (χ3n) is 4.24. The molecule has 0 aliphatic rings. The third-order valence-corrected chi connectivity index (χ3v) is 4.67. The summed E-state index contributed by atoms with van der Waals surface area (Å²) >= 11 is 5.51. The number of para-hydroxylation sites is 1. The smallest absolute Gasteiger partial charge is 0.258 e. The van der Waals surface area contributed by atoms with Crippen molar-refractivity contribution in [2.45, 2.75) is 33.6 Å². The number of hydrogen-bond donors (Lipinski definition) is 1. The highest BCUT2D eigenvalue weighted by Gasteiger charge is 2.12. The lowest BCUT2D eigenvalue weighted by atomic mass is 10.2. The van der Waals surface area contributed by atoms with Crippen LogP contribution in [0.15, 0.2) is 41.7 Å². The van der Waals surface area contributed by atoms with E-state index in [0.29, 0.717) is 41.3 Å². The SMILES string of the molecule is C=CCn1c(C)nn(CN(CC)Cc2nc3ccccc3c(=O)[nH]2)c1=S. The number of allylic oxidation sites excluding steroid dienone is 1. The predicted molar refractivity (Wildman–Crippen MR) is 104 cm³/mol. The van der Waals surface area contributed by atoms with E-state index >= 15 is 0 Å². The molecule has 1 N–H and O–H groups in total. The maximum absolute atomic E-state index is 12.2. The molecular formula is C18H22N6OS. The van der Waals surface area contributed by atoms with Crippen molar-refractivity contribution >= 4 is 23.1 Å². The molecule has 0 aliphatic heterocycles. The van der Waals surface area contributed by atoms with Crippen molar-refractivity contribution in [2.24, 2.45) is 0 Å². The number of nitrogens with zero attached hydrogens (tertiary/aromatic N) is 5. The van der Waals surface area contributed by atoms with E-state index in [9.17, 15) is 4.79 Å². The second kappa shape index (κ2) is 7.76. The van der Waals surface area contributed by atoms with Crippen LogP contribution in [0.3, 0.4) is 0 Å². The van der Waals surface area contributed by atoms with E-state index in [2.05, 4.69) is 33.5 Å². The molecule has 0 saturated carbocycles. The molecule has 8 heteroatoms. The lowest BCUT2D eigenvalue weighted by Gasteiger charge is -2.19. The third kappa shape index (κ3) is 3.66. The normalized spacial score (nSPS) is 11.3. The summed E-state index contributed by atoms with van der Waals surface area (Å²) in [7, 11) is 0. The van der Waals surface area contributed by atoms with E-state index in [0.717, 1.165) is 12.4 Å². The summed E-state index contributed by atoms with van der Waals surface area (Å²) < 4.78 is 4.38. The number of benzene rings is 1. The van der Waals surface area contributed by atoms with E-state index in [1.165, 1.54) is 0 Å². The largest absolute Gasteiger partial charge is 0.309 e. The van der Waals surface area contributed by atoms with Gasteiger partial charge in [0.15, 0.2) is 4.77 Å². The second-order valence-corrected chi connectivity index (χ2v) is 6.41. The first-order valence-electron chi connectivity index (χ1n) is 8.49. The molecule has 3 rings (SSSR count). The molecule has 2 aromatic heterocycles. The molecule has 0 radical (unpaired) electrons. The first-order chi connectivity index (χ1) is 12.5. The standard InChI is InChI=1S/C18H22N6OS/c1-4-10-23-13(3)21-24(18(23)26)12-22(5-2)11-16-19-15-9-7-6-8-14(15)17(25)20-16/h4,6-9H,1,5,10-12H2,2-3H3,(H,19,20,25). The average molecular weight is 370 g/mol. The number of nitrogens with one attached hydrogen (secondary N) is 1. The number of H-pyrrole nitrogens is 1. The van der Waals surface area contributed by atoms with Crippen LogP contribution in [0.25, 0.3) is 10.9 Å². The number of aromatic amines is 1. The van der Waals surface area contributed by atoms with Gasteiger partial charge in [-0.3, -0.25) is 9.69 Å². The Morgan fingerprint density at radius 2 is 2.15 bits per heavy atom. The van der Waals surface area contributed by atoms with E-state index in [1.54, 1.807) is 16.8 Å². The zero-order chi connectivity index (χ0) is 18.7. The van der Waals surface area contributed by atoms with Gasteiger partial charge in [0.05, 0.1) is 24.1 Å². The first-order valence-corrected chi connectivity index (χ1v) is 8.89. The Bertz CT molecular complexity index is 1050. The van der Waals surface area contributed by atoms with Crippen LogP contribution >= 0.6 is 12.2 Å². The Kier molecular flexibility index (Phi) is 5.43. The molecule has 0 amide bonds. The van der Waals surface area contributed by atoms with Crippen molar-refractivity contribution in [3.8, 4) is 0 Å². The highest BCUT2D eigenvalue weighted by atomic mass is 32.1. The summed E-state index contributed by atoms with van der Waals surface area (Å²) in [6.07, 6.45) is 1.80. The van der Waals surface area contributed by atoms with Crippen LogP contribution in [-0.2, 0) is 19.8 Å². The van der Waals surface area contributed by atoms with E-state index in [-0.39, 0.29) is 5.56 Å². The van der Waals surface area contributed by atoms with Crippen LogP contribution in [-0.4, -0.2) is 35.8 Å². The molecule has 0 saturated heterocycles. The van der Waals surface area contributed by atoms with Crippen LogP contribution in [0.4, 0.5) is 0 Å². The van der Waals surface area contributed by atoms with Gasteiger partial charge < -0.3 is 9.55 Å². The predicted octanol–water partition coefficient (Wildman–Crippen LogP) is 2.62. The fraction of sp³-hybridized carbons (Fsp3) is 0.333. The van der Waals surface area contributed by atoms with Gasteiger partial charge in [-0.05, 0) is 37.8 Å². The maximum Gasteiger partial charge on any atom is 0.258 e. The monoisotopic (exact) mass is 370 g/mol. The highest BCUT2D eigenvalue weighted by Crippen LogP contribution is 2.08. The van der Waals surface area contributed by atoms with Crippen molar-refractivity contribution in [1.29, 1.82) is 0 Å².